The van der Waals surface area contributed by atoms with E-state index in [-0.39, 0.29) is 0 Å². The topological polar surface area (TPSA) is 53.4 Å². The van der Waals surface area contributed by atoms with Crippen molar-refractivity contribution in [3.05, 3.63) is 171 Å². The molecule has 0 amide bonds. The quantitative estimate of drug-likeness (QED) is 0.276. The van der Waals surface area contributed by atoms with Crippen LogP contribution < -0.4 is 0 Å². The Kier molecular flexibility index (Phi) is 6.06. The summed E-state index contributed by atoms with van der Waals surface area (Å²) in [5.74, 6) is 12.7. The van der Waals surface area contributed by atoms with Gasteiger partial charge in [-0.3, -0.25) is 0 Å². The van der Waals surface area contributed by atoms with E-state index in [1.165, 1.54) is 0 Å². The number of benzene rings is 4. The van der Waals surface area contributed by atoms with Gasteiger partial charge in [0.1, 0.15) is 5.69 Å². The average Bonchev–Trinajstić information content (AvgIpc) is 3.01. The molecule has 4 aromatic carbocycles. The molecular formula is C38H27NO2. The molecule has 2 aliphatic rings. The lowest BCUT2D eigenvalue weighted by Crippen LogP contribution is -2.31. The van der Waals surface area contributed by atoms with Crippen LogP contribution in [0, 0.1) is 23.7 Å². The summed E-state index contributed by atoms with van der Waals surface area (Å²) in [6.45, 7) is 0. The fourth-order valence-electron chi connectivity index (χ4n) is 6.14. The minimum absolute atomic E-state index is 0.359. The van der Waals surface area contributed by atoms with Gasteiger partial charge < -0.3 is 10.2 Å². The Labute approximate surface area is 240 Å². The third-order valence-electron chi connectivity index (χ3n) is 8.11. The van der Waals surface area contributed by atoms with Crippen LogP contribution in [0.25, 0.3) is 0 Å². The van der Waals surface area contributed by atoms with Gasteiger partial charge >= 0.3 is 0 Å². The van der Waals surface area contributed by atoms with Crippen LogP contribution in [0.4, 0.5) is 0 Å². The number of rotatable bonds is 1. The zero-order valence-corrected chi connectivity index (χ0v) is 22.4. The van der Waals surface area contributed by atoms with Crippen molar-refractivity contribution in [2.24, 2.45) is 0 Å². The standard InChI is InChI=1S/C38H27NO2/c40-37(33-18-5-1-11-27(33)25-28-12-2-6-19-34(28)37)23-10-17-31-15-9-16-32(39-31)22-24-38(41)35-20-7-3-13-29(35)26-30-14-4-8-21-36(30)38/h1-9,11-16,18-21,40-41H,17,25-26H2. The van der Waals surface area contributed by atoms with Crippen molar-refractivity contribution in [3.8, 4) is 23.7 Å². The third kappa shape index (κ3) is 4.33. The number of aliphatic hydroxyl groups is 2. The van der Waals surface area contributed by atoms with E-state index in [9.17, 15) is 10.2 Å². The van der Waals surface area contributed by atoms with Gasteiger partial charge in [-0.1, -0.05) is 121 Å². The van der Waals surface area contributed by atoms with Crippen LogP contribution in [-0.2, 0) is 30.5 Å². The van der Waals surface area contributed by atoms with Gasteiger partial charge in [0.2, 0.25) is 0 Å². The highest BCUT2D eigenvalue weighted by Gasteiger charge is 2.38. The molecule has 5 aromatic rings. The van der Waals surface area contributed by atoms with Gasteiger partial charge in [0, 0.05) is 22.3 Å². The fraction of sp³-hybridized carbons (Fsp3) is 0.132. The van der Waals surface area contributed by atoms with E-state index in [0.29, 0.717) is 12.1 Å². The van der Waals surface area contributed by atoms with E-state index in [2.05, 4.69) is 35.8 Å². The lowest BCUT2D eigenvalue weighted by Gasteiger charge is -2.32. The van der Waals surface area contributed by atoms with Gasteiger partial charge in [0.15, 0.2) is 11.2 Å². The molecule has 196 valence electrons. The maximum Gasteiger partial charge on any atom is 0.177 e. The molecule has 0 saturated heterocycles. The first kappa shape index (κ1) is 25.1. The minimum Gasteiger partial charge on any atom is -0.369 e. The highest BCUT2D eigenvalue weighted by Crippen LogP contribution is 2.40. The molecule has 0 unspecified atom stereocenters. The molecule has 2 aliphatic carbocycles. The largest absolute Gasteiger partial charge is 0.369 e. The molecule has 1 heterocycles. The molecule has 0 radical (unpaired) electrons. The van der Waals surface area contributed by atoms with Crippen molar-refractivity contribution >= 4 is 0 Å². The van der Waals surface area contributed by atoms with E-state index in [4.69, 9.17) is 4.98 Å². The Hall–Kier alpha value is -4.93. The Morgan fingerprint density at radius 3 is 1.46 bits per heavy atom. The predicted octanol–water partition coefficient (Wildman–Crippen LogP) is 5.66. The maximum atomic E-state index is 11.9. The van der Waals surface area contributed by atoms with Crippen molar-refractivity contribution in [2.75, 3.05) is 0 Å². The SMILES string of the molecule is OC1(C#CCc2cccc(C#CC3(O)c4ccccc4Cc4ccccc43)n2)c2ccccc2Cc2ccccc21. The Bertz CT molecular complexity index is 1840. The molecule has 0 atom stereocenters. The lowest BCUT2D eigenvalue weighted by atomic mass is 9.75. The highest BCUT2D eigenvalue weighted by molar-refractivity contribution is 5.58. The van der Waals surface area contributed by atoms with Crippen molar-refractivity contribution in [1.29, 1.82) is 0 Å². The second kappa shape index (κ2) is 9.92. The third-order valence-corrected chi connectivity index (χ3v) is 8.11. The maximum absolute atomic E-state index is 11.9. The molecule has 41 heavy (non-hydrogen) atoms. The van der Waals surface area contributed by atoms with E-state index < -0.39 is 11.2 Å². The van der Waals surface area contributed by atoms with Gasteiger partial charge in [0.05, 0.1) is 12.1 Å². The van der Waals surface area contributed by atoms with Crippen LogP contribution in [0.15, 0.2) is 115 Å². The average molecular weight is 530 g/mol. The second-order valence-electron chi connectivity index (χ2n) is 10.6. The van der Waals surface area contributed by atoms with Gasteiger partial charge in [-0.05, 0) is 53.1 Å². The normalized spacial score (nSPS) is 15.0. The molecule has 0 fully saturated rings. The number of nitrogens with zero attached hydrogens (tertiary/aromatic N) is 1. The van der Waals surface area contributed by atoms with E-state index in [0.717, 1.165) is 63.0 Å². The van der Waals surface area contributed by atoms with E-state index in [1.54, 1.807) is 0 Å². The van der Waals surface area contributed by atoms with Crippen LogP contribution in [0.3, 0.4) is 0 Å². The molecule has 3 nitrogen and oxygen atoms in total. The van der Waals surface area contributed by atoms with Gasteiger partial charge in [-0.15, -0.1) is 0 Å². The first-order chi connectivity index (χ1) is 20.0. The summed E-state index contributed by atoms with van der Waals surface area (Å²) < 4.78 is 0. The fourth-order valence-corrected chi connectivity index (χ4v) is 6.14. The molecule has 0 bridgehead atoms. The monoisotopic (exact) mass is 529 g/mol. The van der Waals surface area contributed by atoms with Crippen LogP contribution in [0.2, 0.25) is 0 Å². The molecule has 0 aliphatic heterocycles. The molecule has 3 heteroatoms. The molecule has 0 saturated carbocycles. The molecule has 7 rings (SSSR count). The zero-order valence-electron chi connectivity index (χ0n) is 22.4. The molecular weight excluding hydrogens is 502 g/mol. The molecule has 0 spiro atoms. The van der Waals surface area contributed by atoms with Crippen LogP contribution in [0.5, 0.6) is 0 Å². The highest BCUT2D eigenvalue weighted by atomic mass is 16.3. The summed E-state index contributed by atoms with van der Waals surface area (Å²) in [4.78, 5) is 4.73. The second-order valence-corrected chi connectivity index (χ2v) is 10.6. The first-order valence-electron chi connectivity index (χ1n) is 13.8. The van der Waals surface area contributed by atoms with Crippen molar-refractivity contribution in [1.82, 2.24) is 4.98 Å². The van der Waals surface area contributed by atoms with Crippen molar-refractivity contribution in [2.45, 2.75) is 30.5 Å². The summed E-state index contributed by atoms with van der Waals surface area (Å²) in [7, 11) is 0. The van der Waals surface area contributed by atoms with Crippen molar-refractivity contribution < 1.29 is 10.2 Å². The molecule has 2 N–H and O–H groups in total. The number of aromatic nitrogens is 1. The van der Waals surface area contributed by atoms with Gasteiger partial charge in [-0.25, -0.2) is 4.98 Å². The first-order valence-corrected chi connectivity index (χ1v) is 13.8. The summed E-state index contributed by atoms with van der Waals surface area (Å²) in [5, 5.41) is 23.8. The Balaban J connectivity index is 1.21. The summed E-state index contributed by atoms with van der Waals surface area (Å²) in [6.07, 6.45) is 1.90. The number of pyridine rings is 1. The van der Waals surface area contributed by atoms with Crippen molar-refractivity contribution in [3.63, 3.8) is 0 Å². The number of hydrogen-bond donors (Lipinski definition) is 2. The van der Waals surface area contributed by atoms with Crippen LogP contribution in [-0.4, -0.2) is 15.2 Å². The summed E-state index contributed by atoms with van der Waals surface area (Å²) in [5.41, 5.74) is 6.12. The van der Waals surface area contributed by atoms with Crippen LogP contribution >= 0.6 is 0 Å². The minimum atomic E-state index is -1.42. The zero-order chi connectivity index (χ0) is 27.9. The van der Waals surface area contributed by atoms with E-state index in [1.807, 2.05) is 103 Å². The lowest BCUT2D eigenvalue weighted by molar-refractivity contribution is 0.140. The van der Waals surface area contributed by atoms with E-state index >= 15 is 0 Å². The summed E-state index contributed by atoms with van der Waals surface area (Å²) in [6, 6.07) is 37.4. The molecule has 1 aromatic heterocycles. The van der Waals surface area contributed by atoms with Gasteiger partial charge in [0.25, 0.3) is 0 Å². The Morgan fingerprint density at radius 2 is 0.976 bits per heavy atom. The van der Waals surface area contributed by atoms with Crippen LogP contribution in [0.1, 0.15) is 55.9 Å². The smallest absolute Gasteiger partial charge is 0.177 e. The summed E-state index contributed by atoms with van der Waals surface area (Å²) >= 11 is 0. The van der Waals surface area contributed by atoms with Gasteiger partial charge in [-0.2, -0.15) is 0 Å². The number of fused-ring (bicyclic) bond motifs is 4. The number of hydrogen-bond acceptors (Lipinski definition) is 3. The predicted molar refractivity (Wildman–Crippen MR) is 160 cm³/mol. The Morgan fingerprint density at radius 1 is 0.537 bits per heavy atom.